The topological polar surface area (TPSA) is 106 Å². The highest BCUT2D eigenvalue weighted by Crippen LogP contribution is 2.36. The Bertz CT molecular complexity index is 1270. The molecule has 0 aliphatic carbocycles. The minimum atomic E-state index is -1.19. The molecule has 0 radical (unpaired) electrons. The minimum absolute atomic E-state index is 0.0676. The summed E-state index contributed by atoms with van der Waals surface area (Å²) in [4.78, 5) is 28.5. The van der Waals surface area contributed by atoms with E-state index in [9.17, 15) is 20.0 Å². The number of nitrogens with zero attached hydrogens (tertiary/aromatic N) is 2. The highest BCUT2D eigenvalue weighted by molar-refractivity contribution is 8.04. The fraction of sp³-hybridized carbons (Fsp3) is 0. The second-order valence-corrected chi connectivity index (χ2v) is 8.37. The second kappa shape index (κ2) is 9.07. The van der Waals surface area contributed by atoms with Gasteiger partial charge in [-0.15, -0.1) is 0 Å². The highest BCUT2D eigenvalue weighted by atomic mass is 32.2. The Morgan fingerprint density at radius 2 is 1.81 bits per heavy atom. The molecule has 0 spiro atoms. The molecule has 4 rings (SSSR count). The number of rotatable bonds is 7. The molecule has 3 aromatic carbocycles. The number of thioether (sulfide) groups is 1. The third-order valence-electron chi connectivity index (χ3n) is 4.14. The summed E-state index contributed by atoms with van der Waals surface area (Å²) in [7, 11) is 0. The van der Waals surface area contributed by atoms with Crippen molar-refractivity contribution in [3.63, 3.8) is 0 Å². The quantitative estimate of drug-likeness (QED) is 0.156. The zero-order chi connectivity index (χ0) is 21.8. The van der Waals surface area contributed by atoms with Crippen LogP contribution >= 0.6 is 23.5 Å². The number of hydrogen-bond donors (Lipinski definition) is 1. The maximum atomic E-state index is 11.9. The van der Waals surface area contributed by atoms with Gasteiger partial charge < -0.3 is 9.52 Å². The lowest BCUT2D eigenvalue weighted by atomic mass is 10.2. The van der Waals surface area contributed by atoms with Crippen LogP contribution in [-0.4, -0.2) is 21.0 Å². The summed E-state index contributed by atoms with van der Waals surface area (Å²) >= 11 is 2.24. The number of nitro benzene ring substituents is 1. The Kier molecular flexibility index (Phi) is 6.06. The largest absolute Gasteiger partial charge is 0.477 e. The molecule has 9 heteroatoms. The molecule has 1 aromatic heterocycles. The van der Waals surface area contributed by atoms with E-state index in [0.29, 0.717) is 21.6 Å². The smallest absolute Gasteiger partial charge is 0.342 e. The van der Waals surface area contributed by atoms with E-state index in [1.54, 1.807) is 24.3 Å². The van der Waals surface area contributed by atoms with Crippen molar-refractivity contribution < 1.29 is 19.2 Å². The minimum Gasteiger partial charge on any atom is -0.477 e. The van der Waals surface area contributed by atoms with Gasteiger partial charge in [0.2, 0.25) is 0 Å². The number of oxazole rings is 1. The summed E-state index contributed by atoms with van der Waals surface area (Å²) in [6, 6.07) is 21.0. The van der Waals surface area contributed by atoms with Gasteiger partial charge in [0.1, 0.15) is 10.4 Å². The zero-order valence-electron chi connectivity index (χ0n) is 15.8. The molecular formula is C22H14N2O5S2. The third kappa shape index (κ3) is 4.96. The molecule has 0 aliphatic heterocycles. The van der Waals surface area contributed by atoms with Gasteiger partial charge in [-0.1, -0.05) is 42.1 Å². The van der Waals surface area contributed by atoms with Gasteiger partial charge in [-0.05, 0) is 53.7 Å². The number of carboxylic acids is 1. The summed E-state index contributed by atoms with van der Waals surface area (Å²) < 4.78 is 5.61. The van der Waals surface area contributed by atoms with Crippen LogP contribution < -0.4 is 0 Å². The van der Waals surface area contributed by atoms with Crippen molar-refractivity contribution in [1.82, 2.24) is 4.98 Å². The van der Waals surface area contributed by atoms with Crippen molar-refractivity contribution in [2.75, 3.05) is 0 Å². The average molecular weight is 450 g/mol. The molecule has 0 amide bonds. The average Bonchev–Trinajstić information content (AvgIpc) is 3.17. The highest BCUT2D eigenvalue weighted by Gasteiger charge is 2.17. The Morgan fingerprint density at radius 1 is 1.06 bits per heavy atom. The molecule has 4 aromatic rings. The van der Waals surface area contributed by atoms with Crippen LogP contribution in [-0.2, 0) is 4.79 Å². The van der Waals surface area contributed by atoms with E-state index in [1.165, 1.54) is 30.0 Å². The van der Waals surface area contributed by atoms with E-state index >= 15 is 0 Å². The SMILES string of the molecule is O=C(O)/C(=C\c1cc([N+](=O)[O-])ccc1Sc1ccccc1)Sc1nc2ccccc2o1. The first-order valence-corrected chi connectivity index (χ1v) is 10.6. The van der Waals surface area contributed by atoms with E-state index < -0.39 is 10.9 Å². The fourth-order valence-corrected chi connectivity index (χ4v) is 4.39. The number of para-hydroxylation sites is 2. The maximum Gasteiger partial charge on any atom is 0.342 e. The van der Waals surface area contributed by atoms with E-state index in [2.05, 4.69) is 4.98 Å². The summed E-state index contributed by atoms with van der Waals surface area (Å²) in [6.07, 6.45) is 1.40. The molecule has 1 N–H and O–H groups in total. The first kappa shape index (κ1) is 20.7. The van der Waals surface area contributed by atoms with Crippen molar-refractivity contribution >= 4 is 52.4 Å². The summed E-state index contributed by atoms with van der Waals surface area (Å²) in [5.74, 6) is -1.19. The van der Waals surface area contributed by atoms with E-state index in [0.717, 1.165) is 16.7 Å². The normalized spacial score (nSPS) is 11.5. The van der Waals surface area contributed by atoms with E-state index in [4.69, 9.17) is 4.42 Å². The fourth-order valence-electron chi connectivity index (χ4n) is 2.74. The molecule has 7 nitrogen and oxygen atoms in total. The van der Waals surface area contributed by atoms with Gasteiger partial charge in [-0.2, -0.15) is 0 Å². The standard InChI is InChI=1S/C22H14N2O5S2/c25-21(26)20(31-22-23-17-8-4-5-9-18(17)29-22)13-14-12-15(24(27)28)10-11-19(14)30-16-6-2-1-3-7-16/h1-13H,(H,25,26)/b20-13+. The van der Waals surface area contributed by atoms with Gasteiger partial charge in [-0.25, -0.2) is 9.78 Å². The Hall–Kier alpha value is -3.56. The predicted octanol–water partition coefficient (Wildman–Crippen LogP) is 6.11. The van der Waals surface area contributed by atoms with Crippen LogP contribution in [0.25, 0.3) is 17.2 Å². The van der Waals surface area contributed by atoms with Gasteiger partial charge in [0.05, 0.1) is 4.92 Å². The number of fused-ring (bicyclic) bond motifs is 1. The molecule has 0 bridgehead atoms. The number of benzene rings is 3. The molecule has 0 aliphatic rings. The zero-order valence-corrected chi connectivity index (χ0v) is 17.4. The molecule has 0 fully saturated rings. The molecule has 0 saturated heterocycles. The van der Waals surface area contributed by atoms with Crippen LogP contribution in [0, 0.1) is 10.1 Å². The lowest BCUT2D eigenvalue weighted by Crippen LogP contribution is -1.98. The number of non-ortho nitro benzene ring substituents is 1. The Balaban J connectivity index is 1.73. The van der Waals surface area contributed by atoms with Gasteiger partial charge in [0.25, 0.3) is 10.9 Å². The van der Waals surface area contributed by atoms with Crippen molar-refractivity contribution in [2.45, 2.75) is 15.0 Å². The number of aliphatic carboxylic acids is 1. The van der Waals surface area contributed by atoms with Gasteiger partial charge in [-0.3, -0.25) is 10.1 Å². The molecule has 31 heavy (non-hydrogen) atoms. The van der Waals surface area contributed by atoms with Crippen LogP contribution in [0.1, 0.15) is 5.56 Å². The molecule has 154 valence electrons. The lowest BCUT2D eigenvalue weighted by Gasteiger charge is -2.07. The van der Waals surface area contributed by atoms with Crippen molar-refractivity contribution in [3.8, 4) is 0 Å². The lowest BCUT2D eigenvalue weighted by molar-refractivity contribution is -0.384. The summed E-state index contributed by atoms with van der Waals surface area (Å²) in [5, 5.41) is 21.2. The second-order valence-electron chi connectivity index (χ2n) is 6.26. The van der Waals surface area contributed by atoms with Crippen LogP contribution in [0.3, 0.4) is 0 Å². The summed E-state index contributed by atoms with van der Waals surface area (Å²) in [6.45, 7) is 0. The molecule has 0 unspecified atom stereocenters. The van der Waals surface area contributed by atoms with Gasteiger partial charge in [0.15, 0.2) is 5.58 Å². The predicted molar refractivity (Wildman–Crippen MR) is 119 cm³/mol. The van der Waals surface area contributed by atoms with Crippen molar-refractivity contribution in [3.05, 3.63) is 93.4 Å². The van der Waals surface area contributed by atoms with Crippen LogP contribution in [0.2, 0.25) is 0 Å². The Morgan fingerprint density at radius 3 is 2.52 bits per heavy atom. The van der Waals surface area contributed by atoms with E-state index in [-0.39, 0.29) is 15.8 Å². The molecular weight excluding hydrogens is 436 g/mol. The Labute approximate surface area is 185 Å². The monoisotopic (exact) mass is 450 g/mol. The third-order valence-corrected chi connectivity index (χ3v) is 6.11. The molecule has 0 atom stereocenters. The molecule has 0 saturated carbocycles. The number of hydrogen-bond acceptors (Lipinski definition) is 7. The maximum absolute atomic E-state index is 11.9. The number of aromatic nitrogens is 1. The number of carboxylic acid groups (broad SMARTS) is 1. The van der Waals surface area contributed by atoms with Crippen molar-refractivity contribution in [2.24, 2.45) is 0 Å². The summed E-state index contributed by atoms with van der Waals surface area (Å²) in [5.41, 5.74) is 1.46. The number of carbonyl (C=O) groups is 1. The van der Waals surface area contributed by atoms with E-state index in [1.807, 2.05) is 36.4 Å². The van der Waals surface area contributed by atoms with Crippen LogP contribution in [0.4, 0.5) is 5.69 Å². The van der Waals surface area contributed by atoms with Gasteiger partial charge >= 0.3 is 5.97 Å². The number of nitro groups is 1. The van der Waals surface area contributed by atoms with Crippen molar-refractivity contribution in [1.29, 1.82) is 0 Å². The first-order chi connectivity index (χ1) is 15.0. The van der Waals surface area contributed by atoms with Crippen LogP contribution in [0.15, 0.2) is 97.1 Å². The molecule has 1 heterocycles. The first-order valence-electron chi connectivity index (χ1n) is 8.99. The van der Waals surface area contributed by atoms with Crippen LogP contribution in [0.5, 0.6) is 0 Å². The van der Waals surface area contributed by atoms with Gasteiger partial charge in [0, 0.05) is 21.9 Å².